The molecule has 76 valence electrons. The number of fused-ring (bicyclic) bond motifs is 1. The number of aliphatic hydroxyl groups excluding tert-OH is 1. The van der Waals surface area contributed by atoms with Crippen LogP contribution in [0.4, 0.5) is 0 Å². The molecule has 1 aromatic carbocycles. The predicted molar refractivity (Wildman–Crippen MR) is 52.7 cm³/mol. The van der Waals surface area contributed by atoms with E-state index < -0.39 is 6.10 Å². The zero-order chi connectivity index (χ0) is 10.1. The van der Waals surface area contributed by atoms with Crippen molar-refractivity contribution >= 4 is 0 Å². The van der Waals surface area contributed by atoms with Gasteiger partial charge in [0.15, 0.2) is 0 Å². The first-order valence-corrected chi connectivity index (χ1v) is 4.79. The molecule has 0 aliphatic carbocycles. The van der Waals surface area contributed by atoms with Crippen molar-refractivity contribution in [1.29, 1.82) is 0 Å². The summed E-state index contributed by atoms with van der Waals surface area (Å²) in [6.45, 7) is 2.00. The van der Waals surface area contributed by atoms with E-state index in [9.17, 15) is 5.11 Å². The van der Waals surface area contributed by atoms with Crippen molar-refractivity contribution in [1.82, 2.24) is 0 Å². The molecule has 1 aliphatic rings. The molecule has 2 rings (SSSR count). The Labute approximate surface area is 83.3 Å². The lowest BCUT2D eigenvalue weighted by Gasteiger charge is -2.10. The fraction of sp³-hybridized carbons (Fsp3) is 0.455. The van der Waals surface area contributed by atoms with Crippen molar-refractivity contribution in [3.63, 3.8) is 0 Å². The lowest BCUT2D eigenvalue weighted by molar-refractivity contribution is 0.0653. The molecule has 3 heteroatoms. The number of hydrogen-bond acceptors (Lipinski definition) is 3. The number of aliphatic hydroxyl groups is 1. The highest BCUT2D eigenvalue weighted by Crippen LogP contribution is 2.39. The van der Waals surface area contributed by atoms with Crippen molar-refractivity contribution in [2.45, 2.75) is 25.6 Å². The third kappa shape index (κ3) is 1.34. The molecule has 0 aromatic heterocycles. The minimum Gasteiger partial charge on any atom is -0.497 e. The highest BCUT2D eigenvalue weighted by molar-refractivity contribution is 5.44. The second-order valence-corrected chi connectivity index (χ2v) is 3.41. The van der Waals surface area contributed by atoms with E-state index in [0.717, 1.165) is 23.5 Å². The number of hydrogen-bond donors (Lipinski definition) is 1. The molecule has 1 aromatic rings. The van der Waals surface area contributed by atoms with E-state index in [1.807, 2.05) is 25.1 Å². The van der Waals surface area contributed by atoms with E-state index in [1.54, 1.807) is 7.11 Å². The molecule has 2 atom stereocenters. The van der Waals surface area contributed by atoms with Gasteiger partial charge >= 0.3 is 0 Å². The largest absolute Gasteiger partial charge is 0.497 e. The lowest BCUT2D eigenvalue weighted by Crippen LogP contribution is -2.16. The summed E-state index contributed by atoms with van der Waals surface area (Å²) in [7, 11) is 1.61. The van der Waals surface area contributed by atoms with Gasteiger partial charge in [0, 0.05) is 5.56 Å². The first-order valence-electron chi connectivity index (χ1n) is 4.79. The molecule has 0 fully saturated rings. The van der Waals surface area contributed by atoms with Crippen LogP contribution in [0.2, 0.25) is 0 Å². The Balaban J connectivity index is 2.35. The molecule has 1 aliphatic heterocycles. The summed E-state index contributed by atoms with van der Waals surface area (Å²) in [5.41, 5.74) is 0.830. The van der Waals surface area contributed by atoms with E-state index in [1.165, 1.54) is 0 Å². The van der Waals surface area contributed by atoms with Crippen molar-refractivity contribution < 1.29 is 14.6 Å². The first kappa shape index (κ1) is 9.34. The highest BCUT2D eigenvalue weighted by atomic mass is 16.5. The normalized spacial score (nSPS) is 24.2. The van der Waals surface area contributed by atoms with Crippen LogP contribution in [0.1, 0.15) is 25.0 Å². The summed E-state index contributed by atoms with van der Waals surface area (Å²) >= 11 is 0. The van der Waals surface area contributed by atoms with Gasteiger partial charge in [-0.25, -0.2) is 0 Å². The van der Waals surface area contributed by atoms with Gasteiger partial charge in [0.25, 0.3) is 0 Å². The average Bonchev–Trinajstić information content (AvgIpc) is 2.55. The van der Waals surface area contributed by atoms with Gasteiger partial charge in [-0.3, -0.25) is 0 Å². The summed E-state index contributed by atoms with van der Waals surface area (Å²) in [4.78, 5) is 0. The fourth-order valence-electron chi connectivity index (χ4n) is 1.73. The lowest BCUT2D eigenvalue weighted by atomic mass is 10.1. The highest BCUT2D eigenvalue weighted by Gasteiger charge is 2.31. The second kappa shape index (κ2) is 3.50. The van der Waals surface area contributed by atoms with Gasteiger partial charge in [0.2, 0.25) is 0 Å². The Morgan fingerprint density at radius 2 is 2.29 bits per heavy atom. The van der Waals surface area contributed by atoms with Crippen molar-refractivity contribution in [2.75, 3.05) is 7.11 Å². The summed E-state index contributed by atoms with van der Waals surface area (Å²) < 4.78 is 10.7. The summed E-state index contributed by atoms with van der Waals surface area (Å²) in [6.07, 6.45) is 0.167. The molecule has 2 unspecified atom stereocenters. The standard InChI is InChI=1S/C11H14O3/c1-3-9-11(12)8-6-7(13-2)4-5-10(8)14-9/h4-6,9,11-12H,3H2,1-2H3. The summed E-state index contributed by atoms with van der Waals surface area (Å²) in [5.74, 6) is 1.52. The molecule has 1 heterocycles. The maximum Gasteiger partial charge on any atom is 0.129 e. The zero-order valence-corrected chi connectivity index (χ0v) is 8.36. The van der Waals surface area contributed by atoms with Crippen LogP contribution < -0.4 is 9.47 Å². The Hall–Kier alpha value is -1.22. The summed E-state index contributed by atoms with van der Waals surface area (Å²) in [6, 6.07) is 5.51. The average molecular weight is 194 g/mol. The van der Waals surface area contributed by atoms with Gasteiger partial charge in [-0.2, -0.15) is 0 Å². The van der Waals surface area contributed by atoms with E-state index in [-0.39, 0.29) is 6.10 Å². The maximum absolute atomic E-state index is 9.88. The number of benzene rings is 1. The van der Waals surface area contributed by atoms with Gasteiger partial charge in [-0.05, 0) is 24.6 Å². The van der Waals surface area contributed by atoms with Crippen LogP contribution in [0.15, 0.2) is 18.2 Å². The van der Waals surface area contributed by atoms with Crippen LogP contribution in [0.3, 0.4) is 0 Å². The van der Waals surface area contributed by atoms with Crippen molar-refractivity contribution in [3.05, 3.63) is 23.8 Å². The minimum absolute atomic E-state index is 0.114. The van der Waals surface area contributed by atoms with Crippen LogP contribution in [0, 0.1) is 0 Å². The fourth-order valence-corrected chi connectivity index (χ4v) is 1.73. The molecule has 0 amide bonds. The number of rotatable bonds is 2. The summed E-state index contributed by atoms with van der Waals surface area (Å²) in [5, 5.41) is 9.88. The Bertz CT molecular complexity index is 335. The molecule has 0 radical (unpaired) electrons. The molecule has 14 heavy (non-hydrogen) atoms. The molecule has 0 bridgehead atoms. The van der Waals surface area contributed by atoms with E-state index in [0.29, 0.717) is 0 Å². The quantitative estimate of drug-likeness (QED) is 0.781. The topological polar surface area (TPSA) is 38.7 Å². The molecule has 0 spiro atoms. The molecule has 3 nitrogen and oxygen atoms in total. The second-order valence-electron chi connectivity index (χ2n) is 3.41. The first-order chi connectivity index (χ1) is 6.76. The Kier molecular flexibility index (Phi) is 2.33. The van der Waals surface area contributed by atoms with Crippen LogP contribution in [0.5, 0.6) is 11.5 Å². The molecule has 0 saturated heterocycles. The number of ether oxygens (including phenoxy) is 2. The van der Waals surface area contributed by atoms with Gasteiger partial charge in [0.05, 0.1) is 7.11 Å². The third-order valence-corrected chi connectivity index (χ3v) is 2.57. The van der Waals surface area contributed by atoms with Gasteiger partial charge in [-0.1, -0.05) is 6.92 Å². The van der Waals surface area contributed by atoms with Crippen LogP contribution in [-0.4, -0.2) is 18.3 Å². The molecular weight excluding hydrogens is 180 g/mol. The molecule has 1 N–H and O–H groups in total. The minimum atomic E-state index is -0.523. The Morgan fingerprint density at radius 1 is 1.50 bits per heavy atom. The monoisotopic (exact) mass is 194 g/mol. The van der Waals surface area contributed by atoms with Crippen LogP contribution in [0.25, 0.3) is 0 Å². The number of methoxy groups -OCH3 is 1. The molecule has 0 saturated carbocycles. The Morgan fingerprint density at radius 3 is 2.93 bits per heavy atom. The van der Waals surface area contributed by atoms with E-state index in [4.69, 9.17) is 9.47 Å². The van der Waals surface area contributed by atoms with Crippen LogP contribution in [-0.2, 0) is 0 Å². The van der Waals surface area contributed by atoms with E-state index in [2.05, 4.69) is 0 Å². The predicted octanol–water partition coefficient (Wildman–Crippen LogP) is 1.90. The van der Waals surface area contributed by atoms with Crippen molar-refractivity contribution in [3.8, 4) is 11.5 Å². The van der Waals surface area contributed by atoms with Crippen LogP contribution >= 0.6 is 0 Å². The maximum atomic E-state index is 9.88. The smallest absolute Gasteiger partial charge is 0.129 e. The SMILES string of the molecule is CCC1Oc2ccc(OC)cc2C1O. The zero-order valence-electron chi connectivity index (χ0n) is 8.36. The van der Waals surface area contributed by atoms with Crippen molar-refractivity contribution in [2.24, 2.45) is 0 Å². The van der Waals surface area contributed by atoms with Gasteiger partial charge < -0.3 is 14.6 Å². The molecular formula is C11H14O3. The van der Waals surface area contributed by atoms with E-state index >= 15 is 0 Å². The van der Waals surface area contributed by atoms with Gasteiger partial charge in [0.1, 0.15) is 23.7 Å². The van der Waals surface area contributed by atoms with Gasteiger partial charge in [-0.15, -0.1) is 0 Å². The third-order valence-electron chi connectivity index (χ3n) is 2.57.